The number of benzene rings is 1. The highest BCUT2D eigenvalue weighted by Gasteiger charge is 2.39. The van der Waals surface area contributed by atoms with E-state index < -0.39 is 28.3 Å². The maximum Gasteiger partial charge on any atom is 0.422 e. The first-order valence-electron chi connectivity index (χ1n) is 6.63. The fourth-order valence-electron chi connectivity index (χ4n) is 2.19. The minimum absolute atomic E-state index is 0.0538. The second-order valence-electron chi connectivity index (χ2n) is 4.78. The predicted molar refractivity (Wildman–Crippen MR) is 76.0 cm³/mol. The summed E-state index contributed by atoms with van der Waals surface area (Å²) in [4.78, 5) is 22.6. The van der Waals surface area contributed by atoms with Crippen molar-refractivity contribution in [2.75, 3.05) is 6.54 Å². The molecule has 1 amide bonds. The highest BCUT2D eigenvalue weighted by molar-refractivity contribution is 7.87. The Labute approximate surface area is 127 Å². The van der Waals surface area contributed by atoms with Crippen molar-refractivity contribution in [3.05, 3.63) is 35.9 Å². The van der Waals surface area contributed by atoms with Crippen LogP contribution in [0.5, 0.6) is 0 Å². The van der Waals surface area contributed by atoms with E-state index in [0.717, 1.165) is 4.31 Å². The molecule has 0 aliphatic carbocycles. The quantitative estimate of drug-likeness (QED) is 0.823. The van der Waals surface area contributed by atoms with Gasteiger partial charge in [0.05, 0.1) is 0 Å². The zero-order valence-electron chi connectivity index (χ0n) is 11.6. The van der Waals surface area contributed by atoms with E-state index in [-0.39, 0.29) is 19.6 Å². The normalized spacial score (nSPS) is 18.8. The molecule has 1 atom stereocenters. The van der Waals surface area contributed by atoms with Crippen molar-refractivity contribution in [3.63, 3.8) is 0 Å². The van der Waals surface area contributed by atoms with E-state index in [1.165, 1.54) is 0 Å². The van der Waals surface area contributed by atoms with Gasteiger partial charge in [0.1, 0.15) is 12.6 Å². The first kappa shape index (κ1) is 16.2. The van der Waals surface area contributed by atoms with Crippen LogP contribution in [-0.4, -0.2) is 42.5 Å². The summed E-state index contributed by atoms with van der Waals surface area (Å²) >= 11 is 0. The van der Waals surface area contributed by atoms with Gasteiger partial charge < -0.3 is 9.84 Å². The highest BCUT2D eigenvalue weighted by atomic mass is 32.2. The molecule has 2 rings (SSSR count). The third kappa shape index (κ3) is 3.95. The molecule has 1 aromatic rings. The highest BCUT2D eigenvalue weighted by Crippen LogP contribution is 2.20. The molecule has 0 bridgehead atoms. The fraction of sp³-hybridized carbons (Fsp3) is 0.385. The van der Waals surface area contributed by atoms with Crippen molar-refractivity contribution in [2.24, 2.45) is 0 Å². The Balaban J connectivity index is 1.93. The summed E-state index contributed by atoms with van der Waals surface area (Å²) in [5.41, 5.74) is 0.708. The van der Waals surface area contributed by atoms with E-state index in [9.17, 15) is 18.0 Å². The van der Waals surface area contributed by atoms with Crippen LogP contribution in [0.1, 0.15) is 18.4 Å². The summed E-state index contributed by atoms with van der Waals surface area (Å²) in [7, 11) is -4.23. The number of carboxylic acid groups (broad SMARTS) is 1. The van der Waals surface area contributed by atoms with Gasteiger partial charge >= 0.3 is 22.3 Å². The third-order valence-corrected chi connectivity index (χ3v) is 4.70. The largest absolute Gasteiger partial charge is 0.480 e. The molecule has 0 saturated carbocycles. The summed E-state index contributed by atoms with van der Waals surface area (Å²) in [6.07, 6.45) is -0.494. The van der Waals surface area contributed by atoms with E-state index in [1.54, 1.807) is 35.1 Å². The van der Waals surface area contributed by atoms with Gasteiger partial charge in [-0.05, 0) is 18.4 Å². The van der Waals surface area contributed by atoms with Gasteiger partial charge in [-0.1, -0.05) is 30.3 Å². The number of hydrogen-bond donors (Lipinski definition) is 2. The van der Waals surface area contributed by atoms with Crippen molar-refractivity contribution >= 4 is 22.3 Å². The van der Waals surface area contributed by atoms with Gasteiger partial charge in [-0.25, -0.2) is 9.52 Å². The predicted octanol–water partition coefficient (Wildman–Crippen LogP) is 0.707. The third-order valence-electron chi connectivity index (χ3n) is 3.22. The molecule has 22 heavy (non-hydrogen) atoms. The van der Waals surface area contributed by atoms with Crippen LogP contribution in [0.2, 0.25) is 0 Å². The molecule has 0 aromatic heterocycles. The molecule has 1 saturated heterocycles. The summed E-state index contributed by atoms with van der Waals surface area (Å²) in [6.45, 7) is -0.0250. The molecule has 1 fully saturated rings. The summed E-state index contributed by atoms with van der Waals surface area (Å²) in [5, 5.41) is 8.98. The van der Waals surface area contributed by atoms with Crippen molar-refractivity contribution in [2.45, 2.75) is 25.5 Å². The molecular formula is C13H16N2O6S. The Morgan fingerprint density at radius 1 is 1.32 bits per heavy atom. The molecule has 1 aromatic carbocycles. The van der Waals surface area contributed by atoms with Crippen LogP contribution in [0, 0.1) is 0 Å². The first-order chi connectivity index (χ1) is 10.4. The Morgan fingerprint density at radius 2 is 2.00 bits per heavy atom. The number of carbonyl (C=O) groups is 2. The number of nitrogens with one attached hydrogen (secondary N) is 1. The Morgan fingerprint density at radius 3 is 2.64 bits per heavy atom. The Kier molecular flexibility index (Phi) is 4.99. The van der Waals surface area contributed by atoms with Crippen molar-refractivity contribution < 1.29 is 27.9 Å². The topological polar surface area (TPSA) is 113 Å². The number of amides is 1. The number of ether oxygens (including phenoxy) is 1. The van der Waals surface area contributed by atoms with Crippen LogP contribution in [-0.2, 0) is 26.3 Å². The van der Waals surface area contributed by atoms with Crippen LogP contribution < -0.4 is 4.72 Å². The second kappa shape index (κ2) is 6.75. The van der Waals surface area contributed by atoms with Crippen LogP contribution >= 0.6 is 0 Å². The lowest BCUT2D eigenvalue weighted by molar-refractivity contribution is -0.140. The molecule has 0 spiro atoms. The number of hydrogen-bond acceptors (Lipinski definition) is 5. The van der Waals surface area contributed by atoms with Gasteiger partial charge in [-0.15, -0.1) is 0 Å². The molecule has 0 unspecified atom stereocenters. The molecule has 8 nitrogen and oxygen atoms in total. The maximum atomic E-state index is 12.0. The lowest BCUT2D eigenvalue weighted by Crippen LogP contribution is -2.48. The summed E-state index contributed by atoms with van der Waals surface area (Å²) < 4.78 is 31.3. The lowest BCUT2D eigenvalue weighted by Gasteiger charge is -2.20. The van der Waals surface area contributed by atoms with E-state index in [1.807, 2.05) is 0 Å². The van der Waals surface area contributed by atoms with Gasteiger partial charge in [0.2, 0.25) is 0 Å². The van der Waals surface area contributed by atoms with E-state index in [0.29, 0.717) is 12.0 Å². The number of carboxylic acids is 1. The van der Waals surface area contributed by atoms with Crippen molar-refractivity contribution in [3.8, 4) is 0 Å². The van der Waals surface area contributed by atoms with Gasteiger partial charge in [0, 0.05) is 6.54 Å². The van der Waals surface area contributed by atoms with Gasteiger partial charge in [-0.3, -0.25) is 4.79 Å². The van der Waals surface area contributed by atoms with E-state index in [2.05, 4.69) is 0 Å². The monoisotopic (exact) mass is 328 g/mol. The molecule has 120 valence electrons. The molecule has 1 aliphatic rings. The van der Waals surface area contributed by atoms with Crippen LogP contribution in [0.4, 0.5) is 4.79 Å². The Hall–Kier alpha value is -2.13. The summed E-state index contributed by atoms with van der Waals surface area (Å²) in [5.74, 6) is -1.24. The molecule has 9 heteroatoms. The standard InChI is InChI=1S/C13H16N2O6S/c16-12(17)11-7-4-8-15(11)22(19,20)14-13(18)21-9-10-5-2-1-3-6-10/h1-3,5-6,11H,4,7-9H2,(H,14,18)(H,16,17)/t11-/m0/s1. The van der Waals surface area contributed by atoms with Gasteiger partial charge in [0.25, 0.3) is 0 Å². The molecular weight excluding hydrogens is 312 g/mol. The van der Waals surface area contributed by atoms with E-state index >= 15 is 0 Å². The minimum atomic E-state index is -4.23. The Bertz CT molecular complexity index is 646. The fourth-order valence-corrected chi connectivity index (χ4v) is 3.48. The SMILES string of the molecule is O=C(NS(=O)(=O)N1CCC[C@H]1C(=O)O)OCc1ccccc1. The van der Waals surface area contributed by atoms with Crippen molar-refractivity contribution in [1.29, 1.82) is 0 Å². The number of aliphatic carboxylic acids is 1. The molecule has 1 heterocycles. The van der Waals surface area contributed by atoms with Gasteiger partial charge in [-0.2, -0.15) is 12.7 Å². The molecule has 1 aliphatic heterocycles. The van der Waals surface area contributed by atoms with Crippen molar-refractivity contribution in [1.82, 2.24) is 9.03 Å². The number of rotatable bonds is 5. The second-order valence-corrected chi connectivity index (χ2v) is 6.40. The average molecular weight is 328 g/mol. The number of nitrogens with zero attached hydrogens (tertiary/aromatic N) is 1. The first-order valence-corrected chi connectivity index (χ1v) is 8.07. The summed E-state index contributed by atoms with van der Waals surface area (Å²) in [6, 6.07) is 7.61. The van der Waals surface area contributed by atoms with Crippen LogP contribution in [0.3, 0.4) is 0 Å². The minimum Gasteiger partial charge on any atom is -0.480 e. The van der Waals surface area contributed by atoms with E-state index in [4.69, 9.17) is 9.84 Å². The van der Waals surface area contributed by atoms with Crippen LogP contribution in [0.25, 0.3) is 0 Å². The maximum absolute atomic E-state index is 12.0. The zero-order chi connectivity index (χ0) is 16.2. The molecule has 2 N–H and O–H groups in total. The van der Waals surface area contributed by atoms with Crippen LogP contribution in [0.15, 0.2) is 30.3 Å². The average Bonchev–Trinajstić information content (AvgIpc) is 2.96. The smallest absolute Gasteiger partial charge is 0.422 e. The van der Waals surface area contributed by atoms with Gasteiger partial charge in [0.15, 0.2) is 0 Å². The zero-order valence-corrected chi connectivity index (χ0v) is 12.5. The number of carbonyl (C=O) groups excluding carboxylic acids is 1. The molecule has 0 radical (unpaired) electrons. The lowest BCUT2D eigenvalue weighted by atomic mass is 10.2.